The fraction of sp³-hybridized carbons (Fsp3) is 0.143. The van der Waals surface area contributed by atoms with Gasteiger partial charge in [0.05, 0.1) is 19.2 Å². The normalized spacial score (nSPS) is 10.3. The Balaban J connectivity index is 2.35. The Morgan fingerprint density at radius 3 is 2.60 bits per heavy atom. The second-order valence-electron chi connectivity index (χ2n) is 4.12. The van der Waals surface area contributed by atoms with Crippen LogP contribution in [-0.2, 0) is 11.3 Å². The molecule has 0 amide bonds. The van der Waals surface area contributed by atoms with Crippen molar-refractivity contribution in [3.05, 3.63) is 69.6 Å². The molecular formula is C14H11F2NO3. The molecule has 2 rings (SSSR count). The van der Waals surface area contributed by atoms with Crippen molar-refractivity contribution in [3.8, 4) is 0 Å². The smallest absolute Gasteiger partial charge is 0.339 e. The molecule has 0 aliphatic heterocycles. The number of carbonyl (C=O) groups is 1. The van der Waals surface area contributed by atoms with Crippen molar-refractivity contribution in [1.82, 2.24) is 4.57 Å². The topological polar surface area (TPSA) is 48.3 Å². The molecule has 0 aliphatic rings. The van der Waals surface area contributed by atoms with Crippen LogP contribution in [0.15, 0.2) is 41.3 Å². The van der Waals surface area contributed by atoms with E-state index in [1.54, 1.807) is 0 Å². The van der Waals surface area contributed by atoms with Crippen LogP contribution in [0.5, 0.6) is 0 Å². The summed E-state index contributed by atoms with van der Waals surface area (Å²) in [5, 5.41) is 0. The first kappa shape index (κ1) is 13.9. The lowest BCUT2D eigenvalue weighted by atomic mass is 10.2. The molecule has 0 radical (unpaired) electrons. The molecule has 0 saturated heterocycles. The number of esters is 1. The lowest BCUT2D eigenvalue weighted by Gasteiger charge is -2.08. The van der Waals surface area contributed by atoms with E-state index in [2.05, 4.69) is 4.74 Å². The number of aromatic nitrogens is 1. The van der Waals surface area contributed by atoms with Gasteiger partial charge in [-0.25, -0.2) is 13.6 Å². The highest BCUT2D eigenvalue weighted by Gasteiger charge is 2.09. The number of halogens is 2. The SMILES string of the molecule is COC(=O)c1ccc(=O)n(Cc2ccc(F)c(F)c2)c1. The molecule has 0 saturated carbocycles. The molecule has 0 atom stereocenters. The molecule has 6 heteroatoms. The number of hydrogen-bond acceptors (Lipinski definition) is 3. The first-order valence-corrected chi connectivity index (χ1v) is 5.74. The van der Waals surface area contributed by atoms with E-state index in [0.717, 1.165) is 12.1 Å². The summed E-state index contributed by atoms with van der Waals surface area (Å²) in [6.07, 6.45) is 1.31. The Morgan fingerprint density at radius 1 is 1.20 bits per heavy atom. The predicted octanol–water partition coefficient (Wildman–Crippen LogP) is 1.96. The van der Waals surface area contributed by atoms with Crippen molar-refractivity contribution >= 4 is 5.97 Å². The van der Waals surface area contributed by atoms with Gasteiger partial charge in [-0.15, -0.1) is 0 Å². The zero-order chi connectivity index (χ0) is 14.7. The van der Waals surface area contributed by atoms with Gasteiger partial charge >= 0.3 is 5.97 Å². The third-order valence-electron chi connectivity index (χ3n) is 2.74. The lowest BCUT2D eigenvalue weighted by Crippen LogP contribution is -2.21. The quantitative estimate of drug-likeness (QED) is 0.807. The van der Waals surface area contributed by atoms with E-state index in [-0.39, 0.29) is 17.7 Å². The number of carbonyl (C=O) groups excluding carboxylic acids is 1. The summed E-state index contributed by atoms with van der Waals surface area (Å²) < 4.78 is 31.7. The largest absolute Gasteiger partial charge is 0.465 e. The molecule has 0 aliphatic carbocycles. The van der Waals surface area contributed by atoms with Crippen LogP contribution in [0.3, 0.4) is 0 Å². The van der Waals surface area contributed by atoms with Crippen molar-refractivity contribution in [3.63, 3.8) is 0 Å². The van der Waals surface area contributed by atoms with E-state index in [1.807, 2.05) is 0 Å². The molecule has 4 nitrogen and oxygen atoms in total. The van der Waals surface area contributed by atoms with Gasteiger partial charge in [0.15, 0.2) is 11.6 Å². The van der Waals surface area contributed by atoms with Gasteiger partial charge in [-0.05, 0) is 23.8 Å². The van der Waals surface area contributed by atoms with Gasteiger partial charge in [-0.3, -0.25) is 4.79 Å². The van der Waals surface area contributed by atoms with E-state index >= 15 is 0 Å². The maximum absolute atomic E-state index is 13.1. The summed E-state index contributed by atoms with van der Waals surface area (Å²) in [6, 6.07) is 5.92. The zero-order valence-corrected chi connectivity index (χ0v) is 10.6. The van der Waals surface area contributed by atoms with Crippen LogP contribution in [0.1, 0.15) is 15.9 Å². The summed E-state index contributed by atoms with van der Waals surface area (Å²) in [4.78, 5) is 23.1. The van der Waals surface area contributed by atoms with Gasteiger partial charge in [0.2, 0.25) is 0 Å². The Labute approximate surface area is 113 Å². The van der Waals surface area contributed by atoms with E-state index < -0.39 is 17.6 Å². The maximum Gasteiger partial charge on any atom is 0.339 e. The van der Waals surface area contributed by atoms with Crippen LogP contribution >= 0.6 is 0 Å². The van der Waals surface area contributed by atoms with Crippen molar-refractivity contribution in [1.29, 1.82) is 0 Å². The number of methoxy groups -OCH3 is 1. The summed E-state index contributed by atoms with van der Waals surface area (Å²) in [5.41, 5.74) is 0.255. The second kappa shape index (κ2) is 5.64. The Hall–Kier alpha value is -2.50. The summed E-state index contributed by atoms with van der Waals surface area (Å²) in [5.74, 6) is -2.52. The predicted molar refractivity (Wildman–Crippen MR) is 67.5 cm³/mol. The number of benzene rings is 1. The molecular weight excluding hydrogens is 268 g/mol. The summed E-state index contributed by atoms with van der Waals surface area (Å²) in [7, 11) is 1.23. The number of pyridine rings is 1. The maximum atomic E-state index is 13.1. The molecule has 1 heterocycles. The van der Waals surface area contributed by atoms with Crippen molar-refractivity contribution in [2.75, 3.05) is 7.11 Å². The highest BCUT2D eigenvalue weighted by molar-refractivity contribution is 5.88. The molecule has 20 heavy (non-hydrogen) atoms. The molecule has 0 spiro atoms. The molecule has 104 valence electrons. The molecule has 1 aromatic carbocycles. The minimum Gasteiger partial charge on any atom is -0.465 e. The fourth-order valence-corrected chi connectivity index (χ4v) is 1.73. The minimum absolute atomic E-state index is 0.0286. The first-order chi connectivity index (χ1) is 9.51. The Morgan fingerprint density at radius 2 is 1.95 bits per heavy atom. The lowest BCUT2D eigenvalue weighted by molar-refractivity contribution is 0.0599. The van der Waals surface area contributed by atoms with Crippen molar-refractivity contribution < 1.29 is 18.3 Å². The molecule has 0 bridgehead atoms. The highest BCUT2D eigenvalue weighted by atomic mass is 19.2. The van der Waals surface area contributed by atoms with Crippen LogP contribution in [0.4, 0.5) is 8.78 Å². The molecule has 0 fully saturated rings. The van der Waals surface area contributed by atoms with E-state index in [0.29, 0.717) is 5.56 Å². The van der Waals surface area contributed by atoms with E-state index in [9.17, 15) is 18.4 Å². The minimum atomic E-state index is -0.986. The zero-order valence-electron chi connectivity index (χ0n) is 10.6. The average Bonchev–Trinajstić information content (AvgIpc) is 2.44. The molecule has 0 unspecified atom stereocenters. The van der Waals surface area contributed by atoms with Gasteiger partial charge < -0.3 is 9.30 Å². The number of nitrogens with zero attached hydrogens (tertiary/aromatic N) is 1. The second-order valence-corrected chi connectivity index (χ2v) is 4.12. The Kier molecular flexibility index (Phi) is 3.93. The van der Waals surface area contributed by atoms with Crippen molar-refractivity contribution in [2.24, 2.45) is 0 Å². The van der Waals surface area contributed by atoms with Crippen LogP contribution < -0.4 is 5.56 Å². The first-order valence-electron chi connectivity index (χ1n) is 5.74. The Bertz CT molecular complexity index is 710. The standard InChI is InChI=1S/C14H11F2NO3/c1-20-14(19)10-3-5-13(18)17(8-10)7-9-2-4-11(15)12(16)6-9/h2-6,8H,7H2,1H3. The van der Waals surface area contributed by atoms with E-state index in [1.165, 1.54) is 36.1 Å². The summed E-state index contributed by atoms with van der Waals surface area (Å²) in [6.45, 7) is 0.0286. The third-order valence-corrected chi connectivity index (χ3v) is 2.74. The summed E-state index contributed by atoms with van der Waals surface area (Å²) >= 11 is 0. The number of rotatable bonds is 3. The average molecular weight is 279 g/mol. The molecule has 2 aromatic rings. The van der Waals surface area contributed by atoms with Crippen LogP contribution in [0, 0.1) is 11.6 Å². The molecule has 1 aromatic heterocycles. The van der Waals surface area contributed by atoms with Crippen LogP contribution in [0.25, 0.3) is 0 Å². The van der Waals surface area contributed by atoms with Crippen LogP contribution in [0.2, 0.25) is 0 Å². The highest BCUT2D eigenvalue weighted by Crippen LogP contribution is 2.10. The van der Waals surface area contributed by atoms with Gasteiger partial charge in [0.25, 0.3) is 5.56 Å². The molecule has 0 N–H and O–H groups in total. The van der Waals surface area contributed by atoms with E-state index in [4.69, 9.17) is 0 Å². The van der Waals surface area contributed by atoms with Gasteiger partial charge in [-0.1, -0.05) is 6.07 Å². The number of hydrogen-bond donors (Lipinski definition) is 0. The number of ether oxygens (including phenoxy) is 1. The van der Waals surface area contributed by atoms with Gasteiger partial charge in [-0.2, -0.15) is 0 Å². The fourth-order valence-electron chi connectivity index (χ4n) is 1.73. The monoisotopic (exact) mass is 279 g/mol. The van der Waals surface area contributed by atoms with Crippen LogP contribution in [-0.4, -0.2) is 17.6 Å². The van der Waals surface area contributed by atoms with Gasteiger partial charge in [0, 0.05) is 12.3 Å². The van der Waals surface area contributed by atoms with Gasteiger partial charge in [0.1, 0.15) is 0 Å². The third kappa shape index (κ3) is 2.90. The van der Waals surface area contributed by atoms with Crippen molar-refractivity contribution in [2.45, 2.75) is 6.54 Å².